The summed E-state index contributed by atoms with van der Waals surface area (Å²) in [6.07, 6.45) is 0. The zero-order chi connectivity index (χ0) is 20.9. The third-order valence-electron chi connectivity index (χ3n) is 4.48. The molecule has 29 heavy (non-hydrogen) atoms. The molecule has 1 aromatic carbocycles. The average Bonchev–Trinajstić information content (AvgIpc) is 2.66. The molecule has 0 saturated carbocycles. The highest BCUT2D eigenvalue weighted by atomic mass is 35.5. The van der Waals surface area contributed by atoms with Crippen LogP contribution in [0.15, 0.2) is 34.3 Å². The first-order valence-electron chi connectivity index (χ1n) is 8.69. The predicted octanol–water partition coefficient (Wildman–Crippen LogP) is 5.00. The highest BCUT2D eigenvalue weighted by Crippen LogP contribution is 2.51. The molecule has 10 heteroatoms. The van der Waals surface area contributed by atoms with Gasteiger partial charge in [-0.3, -0.25) is 0 Å². The van der Waals surface area contributed by atoms with Crippen molar-refractivity contribution in [2.45, 2.75) is 16.0 Å². The maximum atomic E-state index is 6.66. The van der Waals surface area contributed by atoms with Crippen LogP contribution >= 0.6 is 46.6 Å². The van der Waals surface area contributed by atoms with E-state index < -0.39 is 0 Å². The minimum atomic E-state index is -0.300. The summed E-state index contributed by atoms with van der Waals surface area (Å²) in [6, 6.07) is 7.57. The van der Waals surface area contributed by atoms with E-state index >= 15 is 0 Å². The molecule has 4 rings (SSSR count). The van der Waals surface area contributed by atoms with Crippen LogP contribution in [0.1, 0.15) is 22.6 Å². The second kappa shape index (κ2) is 7.80. The first-order valence-corrected chi connectivity index (χ1v) is 10.6. The summed E-state index contributed by atoms with van der Waals surface area (Å²) in [7, 11) is 7.50. The fourth-order valence-electron chi connectivity index (χ4n) is 3.09. The van der Waals surface area contributed by atoms with Gasteiger partial charge >= 0.3 is 0 Å². The lowest BCUT2D eigenvalue weighted by molar-refractivity contribution is 0.795. The van der Waals surface area contributed by atoms with Crippen molar-refractivity contribution >= 4 is 58.5 Å². The van der Waals surface area contributed by atoms with Gasteiger partial charge in [0.2, 0.25) is 11.9 Å². The molecule has 0 saturated heterocycles. The van der Waals surface area contributed by atoms with Crippen molar-refractivity contribution in [1.82, 2.24) is 19.9 Å². The maximum Gasteiger partial charge on any atom is 0.227 e. The molecular formula is C19H17Cl3N6S. The van der Waals surface area contributed by atoms with Gasteiger partial charge in [0.25, 0.3) is 0 Å². The Morgan fingerprint density at radius 3 is 1.59 bits per heavy atom. The van der Waals surface area contributed by atoms with Crippen LogP contribution < -0.4 is 9.80 Å². The molecule has 3 aromatic rings. The molecule has 150 valence electrons. The molecule has 1 aliphatic rings. The Bertz CT molecular complexity index is 1020. The molecule has 0 spiro atoms. The van der Waals surface area contributed by atoms with E-state index in [1.807, 2.05) is 62.3 Å². The lowest BCUT2D eigenvalue weighted by Gasteiger charge is -2.29. The Labute approximate surface area is 188 Å². The van der Waals surface area contributed by atoms with E-state index in [0.717, 1.165) is 26.7 Å². The van der Waals surface area contributed by atoms with Crippen LogP contribution in [0, 0.1) is 0 Å². The molecular weight excluding hydrogens is 451 g/mol. The van der Waals surface area contributed by atoms with Crippen LogP contribution in [-0.4, -0.2) is 48.1 Å². The maximum absolute atomic E-state index is 6.66. The molecule has 0 radical (unpaired) electrons. The molecule has 0 atom stereocenters. The van der Waals surface area contributed by atoms with Crippen LogP contribution in [0.25, 0.3) is 0 Å². The normalized spacial score (nSPS) is 13.1. The van der Waals surface area contributed by atoms with Gasteiger partial charge in [0.1, 0.15) is 20.4 Å². The number of aromatic nitrogens is 4. The van der Waals surface area contributed by atoms with E-state index in [1.54, 1.807) is 0 Å². The lowest BCUT2D eigenvalue weighted by atomic mass is 9.87. The topological polar surface area (TPSA) is 58.0 Å². The summed E-state index contributed by atoms with van der Waals surface area (Å²) < 4.78 is 0. The van der Waals surface area contributed by atoms with Gasteiger partial charge in [-0.1, -0.05) is 46.9 Å². The number of hydrogen-bond acceptors (Lipinski definition) is 7. The number of hydrogen-bond donors (Lipinski definition) is 0. The lowest BCUT2D eigenvalue weighted by Crippen LogP contribution is -2.20. The Morgan fingerprint density at radius 1 is 0.724 bits per heavy atom. The summed E-state index contributed by atoms with van der Waals surface area (Å²) >= 11 is 20.9. The molecule has 0 bridgehead atoms. The zero-order valence-corrected chi connectivity index (χ0v) is 19.2. The van der Waals surface area contributed by atoms with E-state index in [1.165, 1.54) is 11.8 Å². The van der Waals surface area contributed by atoms with Crippen molar-refractivity contribution < 1.29 is 0 Å². The van der Waals surface area contributed by atoms with Crippen molar-refractivity contribution in [1.29, 1.82) is 0 Å². The third kappa shape index (κ3) is 3.72. The van der Waals surface area contributed by atoms with E-state index in [9.17, 15) is 0 Å². The predicted molar refractivity (Wildman–Crippen MR) is 119 cm³/mol. The van der Waals surface area contributed by atoms with E-state index in [4.69, 9.17) is 44.8 Å². The molecule has 6 nitrogen and oxygen atoms in total. The molecule has 0 amide bonds. The molecule has 0 N–H and O–H groups in total. The van der Waals surface area contributed by atoms with Crippen molar-refractivity contribution in [2.75, 3.05) is 38.0 Å². The summed E-state index contributed by atoms with van der Waals surface area (Å²) in [4.78, 5) is 22.0. The molecule has 0 aliphatic carbocycles. The van der Waals surface area contributed by atoms with Gasteiger partial charge in [-0.2, -0.15) is 0 Å². The van der Waals surface area contributed by atoms with Gasteiger partial charge in [0, 0.05) is 50.3 Å². The van der Waals surface area contributed by atoms with Crippen molar-refractivity contribution in [2.24, 2.45) is 0 Å². The van der Waals surface area contributed by atoms with Crippen LogP contribution in [-0.2, 0) is 0 Å². The largest absolute Gasteiger partial charge is 0.347 e. The summed E-state index contributed by atoms with van der Waals surface area (Å²) in [5.74, 6) is 0.769. The second-order valence-electron chi connectivity index (χ2n) is 6.94. The van der Waals surface area contributed by atoms with Gasteiger partial charge in [-0.05, 0) is 29.5 Å². The highest BCUT2D eigenvalue weighted by molar-refractivity contribution is 7.99. The zero-order valence-electron chi connectivity index (χ0n) is 16.1. The summed E-state index contributed by atoms with van der Waals surface area (Å²) in [6.45, 7) is 0. The average molecular weight is 468 g/mol. The fraction of sp³-hybridized carbons (Fsp3) is 0.263. The smallest absolute Gasteiger partial charge is 0.227 e. The number of benzene rings is 1. The molecule has 0 fully saturated rings. The van der Waals surface area contributed by atoms with E-state index in [-0.39, 0.29) is 5.92 Å². The fourth-order valence-corrected chi connectivity index (χ4v) is 4.96. The van der Waals surface area contributed by atoms with Crippen molar-refractivity contribution in [3.8, 4) is 0 Å². The van der Waals surface area contributed by atoms with Crippen molar-refractivity contribution in [3.63, 3.8) is 0 Å². The van der Waals surface area contributed by atoms with Gasteiger partial charge in [-0.15, -0.1) is 0 Å². The van der Waals surface area contributed by atoms with Crippen LogP contribution in [0.3, 0.4) is 0 Å². The minimum absolute atomic E-state index is 0.300. The Hall–Kier alpha value is -1.80. The first-order chi connectivity index (χ1) is 13.8. The summed E-state index contributed by atoms with van der Waals surface area (Å²) in [5.41, 5.74) is 2.55. The van der Waals surface area contributed by atoms with Gasteiger partial charge in [0.05, 0.1) is 0 Å². The highest BCUT2D eigenvalue weighted by Gasteiger charge is 2.36. The Morgan fingerprint density at radius 2 is 1.17 bits per heavy atom. The van der Waals surface area contributed by atoms with Crippen molar-refractivity contribution in [3.05, 3.63) is 56.3 Å². The minimum Gasteiger partial charge on any atom is -0.347 e. The monoisotopic (exact) mass is 466 g/mol. The number of anilines is 2. The molecule has 3 heterocycles. The van der Waals surface area contributed by atoms with Crippen LogP contribution in [0.2, 0.25) is 15.3 Å². The quantitative estimate of drug-likeness (QED) is 0.393. The molecule has 0 unspecified atom stereocenters. The van der Waals surface area contributed by atoms with Gasteiger partial charge in [0.15, 0.2) is 0 Å². The van der Waals surface area contributed by atoms with E-state index in [2.05, 4.69) is 9.97 Å². The third-order valence-corrected chi connectivity index (χ3v) is 6.32. The van der Waals surface area contributed by atoms with Crippen LogP contribution in [0.4, 0.5) is 11.9 Å². The Balaban J connectivity index is 2.00. The number of halogens is 3. The van der Waals surface area contributed by atoms with Gasteiger partial charge < -0.3 is 9.80 Å². The second-order valence-corrected chi connectivity index (χ2v) is 9.07. The number of fused-ring (bicyclic) bond motifs is 2. The molecule has 1 aliphatic heterocycles. The SMILES string of the molecule is CN(C)c1nc(Cl)c2c(n1)Sc1nc(N(C)C)nc(Cl)c1C2c1ccc(Cl)cc1. The number of nitrogens with zero attached hydrogens (tertiary/aromatic N) is 6. The summed E-state index contributed by atoms with van der Waals surface area (Å²) in [5, 5.41) is 2.91. The van der Waals surface area contributed by atoms with E-state index in [0.29, 0.717) is 27.2 Å². The van der Waals surface area contributed by atoms with Crippen LogP contribution in [0.5, 0.6) is 0 Å². The first kappa shape index (κ1) is 20.5. The standard InChI is InChI=1S/C19H17Cl3N6S/c1-27(2)18-23-14(21)12-11(9-5-7-10(20)8-6-9)13-15(22)24-19(28(3)4)26-17(13)29-16(12)25-18/h5-8,11H,1-4H3. The Kier molecular flexibility index (Phi) is 5.50. The molecule has 2 aromatic heterocycles. The van der Waals surface area contributed by atoms with Gasteiger partial charge in [-0.25, -0.2) is 19.9 Å². The number of rotatable bonds is 3.